The minimum absolute atomic E-state index is 0. The fourth-order valence-electron chi connectivity index (χ4n) is 2.51. The predicted molar refractivity (Wildman–Crippen MR) is 71.1 cm³/mol. The van der Waals surface area contributed by atoms with Crippen molar-refractivity contribution in [2.45, 2.75) is 44.9 Å². The maximum absolute atomic E-state index is 11.5. The van der Waals surface area contributed by atoms with Gasteiger partial charge in [-0.1, -0.05) is 12.8 Å². The minimum Gasteiger partial charge on any atom is -0.396 e. The van der Waals surface area contributed by atoms with Gasteiger partial charge in [0.05, 0.1) is 0 Å². The normalized spacial score (nSPS) is 17.5. The van der Waals surface area contributed by atoms with Crippen LogP contribution in [0, 0.1) is 5.41 Å². The molecule has 0 bridgehead atoms. The Bertz CT molecular complexity index is 219. The van der Waals surface area contributed by atoms with Crippen LogP contribution in [-0.4, -0.2) is 30.7 Å². The van der Waals surface area contributed by atoms with Gasteiger partial charge in [-0.25, -0.2) is 0 Å². The third kappa shape index (κ3) is 5.70. The van der Waals surface area contributed by atoms with Crippen molar-refractivity contribution in [1.29, 1.82) is 0 Å². The Morgan fingerprint density at radius 2 is 2.00 bits per heavy atom. The van der Waals surface area contributed by atoms with Crippen molar-refractivity contribution in [3.05, 3.63) is 0 Å². The highest BCUT2D eigenvalue weighted by molar-refractivity contribution is 5.85. The lowest BCUT2D eigenvalue weighted by Crippen LogP contribution is -2.36. The van der Waals surface area contributed by atoms with Gasteiger partial charge in [0.25, 0.3) is 0 Å². The molecule has 4 N–H and O–H groups in total. The molecule has 0 heterocycles. The van der Waals surface area contributed by atoms with Crippen molar-refractivity contribution >= 4 is 18.3 Å². The molecule has 1 aliphatic rings. The minimum atomic E-state index is 0. The molecule has 1 saturated carbocycles. The van der Waals surface area contributed by atoms with Crippen LogP contribution < -0.4 is 11.1 Å². The van der Waals surface area contributed by atoms with Crippen LogP contribution in [0.25, 0.3) is 0 Å². The Balaban J connectivity index is 0.00000256. The number of carbonyl (C=O) groups is 1. The monoisotopic (exact) mass is 264 g/mol. The Morgan fingerprint density at radius 1 is 1.35 bits per heavy atom. The van der Waals surface area contributed by atoms with Crippen molar-refractivity contribution in [3.63, 3.8) is 0 Å². The molecule has 1 fully saturated rings. The molecule has 0 radical (unpaired) electrons. The van der Waals surface area contributed by atoms with Crippen molar-refractivity contribution in [2.24, 2.45) is 11.1 Å². The highest BCUT2D eigenvalue weighted by Gasteiger charge is 2.33. The van der Waals surface area contributed by atoms with E-state index in [1.165, 1.54) is 12.8 Å². The summed E-state index contributed by atoms with van der Waals surface area (Å²) in [6.45, 7) is 1.50. The molecule has 5 heteroatoms. The molecule has 0 atom stereocenters. The number of nitrogens with one attached hydrogen (secondary N) is 1. The van der Waals surface area contributed by atoms with Crippen molar-refractivity contribution in [2.75, 3.05) is 19.7 Å². The van der Waals surface area contributed by atoms with Gasteiger partial charge in [-0.05, 0) is 37.6 Å². The smallest absolute Gasteiger partial charge is 0.220 e. The fourth-order valence-corrected chi connectivity index (χ4v) is 2.51. The topological polar surface area (TPSA) is 75.4 Å². The number of hydrogen-bond donors (Lipinski definition) is 3. The highest BCUT2D eigenvalue weighted by Crippen LogP contribution is 2.40. The van der Waals surface area contributed by atoms with E-state index in [-0.39, 0.29) is 30.3 Å². The van der Waals surface area contributed by atoms with Crippen LogP contribution in [0.3, 0.4) is 0 Å². The Hall–Kier alpha value is -0.320. The lowest BCUT2D eigenvalue weighted by molar-refractivity contribution is -0.121. The van der Waals surface area contributed by atoms with E-state index in [9.17, 15) is 4.79 Å². The van der Waals surface area contributed by atoms with E-state index in [1.54, 1.807) is 0 Å². The summed E-state index contributed by atoms with van der Waals surface area (Å²) in [5.41, 5.74) is 5.52. The van der Waals surface area contributed by atoms with E-state index in [0.717, 1.165) is 32.2 Å². The molecular formula is C12H25ClN2O2. The number of nitrogens with two attached hydrogens (primary N) is 1. The van der Waals surface area contributed by atoms with Crippen molar-refractivity contribution in [3.8, 4) is 0 Å². The molecule has 17 heavy (non-hydrogen) atoms. The fraction of sp³-hybridized carbons (Fsp3) is 0.917. The first-order chi connectivity index (χ1) is 7.72. The van der Waals surface area contributed by atoms with E-state index >= 15 is 0 Å². The van der Waals surface area contributed by atoms with Gasteiger partial charge in [-0.2, -0.15) is 0 Å². The zero-order valence-corrected chi connectivity index (χ0v) is 11.2. The number of aliphatic hydroxyl groups excluding tert-OH is 1. The second-order valence-corrected chi connectivity index (χ2v) is 4.85. The second-order valence-electron chi connectivity index (χ2n) is 4.85. The lowest BCUT2D eigenvalue weighted by Gasteiger charge is -2.28. The number of aliphatic hydroxyl groups is 1. The van der Waals surface area contributed by atoms with E-state index in [1.807, 2.05) is 0 Å². The number of carbonyl (C=O) groups excluding carboxylic acids is 1. The van der Waals surface area contributed by atoms with Crippen molar-refractivity contribution < 1.29 is 9.90 Å². The molecule has 0 aromatic heterocycles. The average Bonchev–Trinajstić information content (AvgIpc) is 2.73. The van der Waals surface area contributed by atoms with E-state index in [4.69, 9.17) is 10.8 Å². The first kappa shape index (κ1) is 16.7. The molecule has 1 rings (SSSR count). The van der Waals surface area contributed by atoms with Gasteiger partial charge in [-0.3, -0.25) is 4.79 Å². The molecule has 102 valence electrons. The maximum atomic E-state index is 11.5. The SMILES string of the molecule is Cl.NCCCC(=O)NCC1(CCO)CCCC1. The molecule has 1 aliphatic carbocycles. The molecule has 0 aromatic rings. The molecule has 0 aliphatic heterocycles. The molecule has 1 amide bonds. The largest absolute Gasteiger partial charge is 0.396 e. The third-order valence-electron chi connectivity index (χ3n) is 3.57. The van der Waals surface area contributed by atoms with Gasteiger partial charge in [0.1, 0.15) is 0 Å². The van der Waals surface area contributed by atoms with Crippen LogP contribution >= 0.6 is 12.4 Å². The summed E-state index contributed by atoms with van der Waals surface area (Å²) in [6.07, 6.45) is 6.78. The second kappa shape index (κ2) is 8.72. The first-order valence-corrected chi connectivity index (χ1v) is 6.30. The summed E-state index contributed by atoms with van der Waals surface area (Å²) >= 11 is 0. The highest BCUT2D eigenvalue weighted by atomic mass is 35.5. The Labute approximate surface area is 110 Å². The van der Waals surface area contributed by atoms with Gasteiger partial charge >= 0.3 is 0 Å². The standard InChI is InChI=1S/C12H24N2O2.ClH/c13-8-3-4-11(16)14-10-12(7-9-15)5-1-2-6-12;/h15H,1-10,13H2,(H,14,16);1H. The summed E-state index contributed by atoms with van der Waals surface area (Å²) < 4.78 is 0. The summed E-state index contributed by atoms with van der Waals surface area (Å²) in [5, 5.41) is 12.0. The van der Waals surface area contributed by atoms with Crippen LogP contribution in [0.4, 0.5) is 0 Å². The van der Waals surface area contributed by atoms with Crippen molar-refractivity contribution in [1.82, 2.24) is 5.32 Å². The average molecular weight is 265 g/mol. The number of rotatable bonds is 7. The van der Waals surface area contributed by atoms with Crippen LogP contribution in [0.2, 0.25) is 0 Å². The van der Waals surface area contributed by atoms with Crippen LogP contribution in [0.5, 0.6) is 0 Å². The van der Waals surface area contributed by atoms with Gasteiger partial charge in [-0.15, -0.1) is 12.4 Å². The van der Waals surface area contributed by atoms with Crippen LogP contribution in [-0.2, 0) is 4.79 Å². The van der Waals surface area contributed by atoms with Crippen LogP contribution in [0.15, 0.2) is 0 Å². The Kier molecular flexibility index (Phi) is 8.56. The number of hydrogen-bond acceptors (Lipinski definition) is 3. The summed E-state index contributed by atoms with van der Waals surface area (Å²) in [7, 11) is 0. The third-order valence-corrected chi connectivity index (χ3v) is 3.57. The molecule has 0 saturated heterocycles. The number of amides is 1. The van der Waals surface area contributed by atoms with E-state index in [2.05, 4.69) is 5.32 Å². The predicted octanol–water partition coefficient (Wildman–Crippen LogP) is 1.21. The zero-order chi connectivity index (χ0) is 11.9. The van der Waals surface area contributed by atoms with Crippen LogP contribution in [0.1, 0.15) is 44.9 Å². The lowest BCUT2D eigenvalue weighted by atomic mass is 9.83. The Morgan fingerprint density at radius 3 is 2.53 bits per heavy atom. The molecule has 0 aromatic carbocycles. The number of halogens is 1. The van der Waals surface area contributed by atoms with E-state index in [0.29, 0.717) is 13.0 Å². The maximum Gasteiger partial charge on any atom is 0.220 e. The summed E-state index contributed by atoms with van der Waals surface area (Å²) in [6, 6.07) is 0. The molecule has 0 spiro atoms. The summed E-state index contributed by atoms with van der Waals surface area (Å²) in [4.78, 5) is 11.5. The van der Waals surface area contributed by atoms with Gasteiger partial charge in [0.2, 0.25) is 5.91 Å². The van der Waals surface area contributed by atoms with Gasteiger partial charge < -0.3 is 16.2 Å². The molecule has 0 unspecified atom stereocenters. The van der Waals surface area contributed by atoms with Gasteiger partial charge in [0.15, 0.2) is 0 Å². The zero-order valence-electron chi connectivity index (χ0n) is 10.4. The van der Waals surface area contributed by atoms with Gasteiger partial charge in [0, 0.05) is 19.6 Å². The van der Waals surface area contributed by atoms with E-state index < -0.39 is 0 Å². The first-order valence-electron chi connectivity index (χ1n) is 6.30. The molecular weight excluding hydrogens is 240 g/mol. The molecule has 4 nitrogen and oxygen atoms in total. The quantitative estimate of drug-likeness (QED) is 0.647. The summed E-state index contributed by atoms with van der Waals surface area (Å²) in [5.74, 6) is 0.0923.